The molecule has 1 heterocycles. The number of carbonyl (C=O) groups is 6. The third-order valence-corrected chi connectivity index (χ3v) is 12.9. The van der Waals surface area contributed by atoms with Gasteiger partial charge in [-0.1, -0.05) is 96.4 Å². The Morgan fingerprint density at radius 2 is 1.42 bits per heavy atom. The van der Waals surface area contributed by atoms with E-state index < -0.39 is 93.4 Å². The van der Waals surface area contributed by atoms with Crippen LogP contribution >= 0.6 is 0 Å². The van der Waals surface area contributed by atoms with Gasteiger partial charge in [0.05, 0.1) is 0 Å². The highest BCUT2D eigenvalue weighted by molar-refractivity contribution is 5.97. The molecule has 356 valence electrons. The fraction of sp³-hybridized carbons (Fsp3) is 0.818. The zero-order valence-electron chi connectivity index (χ0n) is 40.7. The lowest BCUT2D eigenvalue weighted by Crippen LogP contribution is -2.65. The number of rotatable bonds is 14. The number of nitrogens with two attached hydrogens (primary N) is 2. The van der Waals surface area contributed by atoms with Crippen molar-refractivity contribution in [2.45, 2.75) is 172 Å². The van der Waals surface area contributed by atoms with E-state index in [1.807, 2.05) is 76.2 Å². The predicted molar refractivity (Wildman–Crippen MR) is 244 cm³/mol. The maximum absolute atomic E-state index is 14.9. The molecule has 13 N–H and O–H groups in total. The monoisotopic (exact) mass is 877 g/mol. The van der Waals surface area contributed by atoms with Crippen LogP contribution in [-0.2, 0) is 28.8 Å². The summed E-state index contributed by atoms with van der Waals surface area (Å²) >= 11 is 0. The van der Waals surface area contributed by atoms with Gasteiger partial charge in [-0.15, -0.1) is 0 Å². The molecule has 0 saturated carbocycles. The van der Waals surface area contributed by atoms with Crippen molar-refractivity contribution >= 4 is 47.4 Å². The third-order valence-electron chi connectivity index (χ3n) is 12.9. The Morgan fingerprint density at radius 3 is 1.92 bits per heavy atom. The van der Waals surface area contributed by atoms with Gasteiger partial charge >= 0.3 is 0 Å². The number of hydrogen-bond donors (Lipinski definition) is 11. The van der Waals surface area contributed by atoms with Gasteiger partial charge in [-0.3, -0.25) is 39.6 Å². The van der Waals surface area contributed by atoms with E-state index in [-0.39, 0.29) is 62.0 Å². The van der Waals surface area contributed by atoms with E-state index in [4.69, 9.17) is 22.3 Å². The highest BCUT2D eigenvalue weighted by Crippen LogP contribution is 2.38. The fourth-order valence-electron chi connectivity index (χ4n) is 7.87. The molecule has 1 aliphatic heterocycles. The van der Waals surface area contributed by atoms with Crippen molar-refractivity contribution in [1.29, 1.82) is 10.8 Å². The second-order valence-corrected chi connectivity index (χ2v) is 21.0. The van der Waals surface area contributed by atoms with Gasteiger partial charge in [-0.25, -0.2) is 0 Å². The average molecular weight is 877 g/mol. The minimum Gasteiger partial charge on any atom is -0.370 e. The summed E-state index contributed by atoms with van der Waals surface area (Å²) in [6.07, 6.45) is 1.31. The van der Waals surface area contributed by atoms with Gasteiger partial charge < -0.3 is 53.6 Å². The summed E-state index contributed by atoms with van der Waals surface area (Å²) in [4.78, 5) is 88.0. The van der Waals surface area contributed by atoms with Crippen molar-refractivity contribution in [3.8, 4) is 0 Å². The van der Waals surface area contributed by atoms with Crippen LogP contribution in [0.4, 0.5) is 0 Å². The number of nitrogens with one attached hydrogen (secondary N) is 9. The predicted octanol–water partition coefficient (Wildman–Crippen LogP) is 2.26. The second kappa shape index (κ2) is 22.6. The van der Waals surface area contributed by atoms with E-state index >= 15 is 0 Å². The minimum absolute atomic E-state index is 0.00157. The van der Waals surface area contributed by atoms with Crippen LogP contribution in [0.1, 0.15) is 136 Å². The van der Waals surface area contributed by atoms with Gasteiger partial charge in [-0.05, 0) is 74.0 Å². The highest BCUT2D eigenvalue weighted by Gasteiger charge is 2.46. The molecule has 1 aliphatic rings. The Labute approximate surface area is 371 Å². The van der Waals surface area contributed by atoms with E-state index in [1.165, 1.54) is 11.9 Å². The molecule has 1 rings (SSSR count). The number of guanidine groups is 2. The first-order valence-electron chi connectivity index (χ1n) is 22.2. The maximum Gasteiger partial charge on any atom is 0.245 e. The summed E-state index contributed by atoms with van der Waals surface area (Å²) < 4.78 is 0. The lowest BCUT2D eigenvalue weighted by atomic mass is 9.68. The molecule has 0 spiro atoms. The van der Waals surface area contributed by atoms with Crippen LogP contribution in [-0.4, -0.2) is 108 Å². The molecule has 6 amide bonds. The number of nitrogens with zero attached hydrogens (tertiary/aromatic N) is 1. The summed E-state index contributed by atoms with van der Waals surface area (Å²) in [6, 6.07) is -5.66. The average Bonchev–Trinajstić information content (AvgIpc) is 3.12. The molecule has 0 aliphatic carbocycles. The van der Waals surface area contributed by atoms with Crippen LogP contribution in [0.3, 0.4) is 0 Å². The smallest absolute Gasteiger partial charge is 0.245 e. The molecule has 0 radical (unpaired) electrons. The molecule has 8 unspecified atom stereocenters. The number of carbonyl (C=O) groups excluding carboxylic acids is 6. The van der Waals surface area contributed by atoms with Crippen molar-refractivity contribution in [3.63, 3.8) is 0 Å². The molecule has 1 fully saturated rings. The van der Waals surface area contributed by atoms with Crippen LogP contribution in [0.15, 0.2) is 0 Å². The molecule has 0 aromatic carbocycles. The summed E-state index contributed by atoms with van der Waals surface area (Å²) in [5.74, 6) is -5.02. The number of hydrogen-bond acceptors (Lipinski definition) is 8. The van der Waals surface area contributed by atoms with Gasteiger partial charge in [0.1, 0.15) is 30.2 Å². The van der Waals surface area contributed by atoms with E-state index in [9.17, 15) is 28.8 Å². The Balaban J connectivity index is 4.12. The van der Waals surface area contributed by atoms with E-state index in [0.717, 1.165) is 0 Å². The zero-order valence-corrected chi connectivity index (χ0v) is 40.7. The third kappa shape index (κ3) is 15.9. The highest BCUT2D eigenvalue weighted by atomic mass is 16.2. The molecule has 62 heavy (non-hydrogen) atoms. The molecule has 0 bridgehead atoms. The van der Waals surface area contributed by atoms with Gasteiger partial charge in [0, 0.05) is 31.1 Å². The first kappa shape index (κ1) is 55.4. The fourth-order valence-corrected chi connectivity index (χ4v) is 7.87. The number of likely N-dealkylation sites (N-methyl/N-ethyl adjacent to an activating group) is 1. The summed E-state index contributed by atoms with van der Waals surface area (Å²) in [6.45, 7) is 28.1. The molecule has 0 aromatic heterocycles. The Kier molecular flexibility index (Phi) is 20.2. The van der Waals surface area contributed by atoms with Crippen LogP contribution in [0.25, 0.3) is 0 Å². The Morgan fingerprint density at radius 1 is 0.839 bits per heavy atom. The maximum atomic E-state index is 14.9. The van der Waals surface area contributed by atoms with Crippen molar-refractivity contribution in [2.24, 2.45) is 51.4 Å². The summed E-state index contributed by atoms with van der Waals surface area (Å²) in [5, 5.41) is 36.0. The van der Waals surface area contributed by atoms with E-state index in [1.54, 1.807) is 27.7 Å². The Hall–Kier alpha value is -4.64. The van der Waals surface area contributed by atoms with Crippen LogP contribution in [0, 0.1) is 50.7 Å². The zero-order chi connectivity index (χ0) is 48.3. The minimum atomic E-state index is -1.28. The lowest BCUT2D eigenvalue weighted by molar-refractivity contribution is -0.146. The Bertz CT molecular complexity index is 1610. The van der Waals surface area contributed by atoms with Crippen molar-refractivity contribution in [3.05, 3.63) is 0 Å². The van der Waals surface area contributed by atoms with Crippen LogP contribution < -0.4 is 48.7 Å². The van der Waals surface area contributed by atoms with Crippen molar-refractivity contribution in [2.75, 3.05) is 20.1 Å². The van der Waals surface area contributed by atoms with Crippen molar-refractivity contribution < 1.29 is 28.8 Å². The molecule has 18 nitrogen and oxygen atoms in total. The summed E-state index contributed by atoms with van der Waals surface area (Å²) in [7, 11) is 1.50. The molecule has 1 saturated heterocycles. The lowest BCUT2D eigenvalue weighted by Gasteiger charge is -2.42. The standard InChI is InChI=1S/C44H84N12O6/c1-17-25(4)30-37(61)56(16)31(27(6)26(5)22-50-39(45)46)35(59)51-29(21-24(2)3)33(57)49-20-18-19-28(52-38(62)44(14,15)41(7,8)9)34(58)54-32(36(60)53-30)42(10,11)23-43(12,13)55-40(47)48/h24-32H,17-23H2,1-16H3,(H,49,57)(H,51,59)(H,52,62)(H,53,60)(H,54,58)(H4,45,46,50)(H4,47,48,55). The summed E-state index contributed by atoms with van der Waals surface area (Å²) in [5.41, 5.74) is 8.03. The van der Waals surface area contributed by atoms with E-state index in [0.29, 0.717) is 12.8 Å². The normalized spacial score (nSPS) is 23.7. The first-order chi connectivity index (χ1) is 28.2. The molecular weight excluding hydrogens is 793 g/mol. The quantitative estimate of drug-likeness (QED) is 0.0894. The van der Waals surface area contributed by atoms with Gasteiger partial charge in [0.25, 0.3) is 0 Å². The topological polar surface area (TPSA) is 290 Å². The van der Waals surface area contributed by atoms with Gasteiger partial charge in [-0.2, -0.15) is 0 Å². The second-order valence-electron chi connectivity index (χ2n) is 21.0. The first-order valence-corrected chi connectivity index (χ1v) is 22.2. The molecule has 18 heteroatoms. The number of amides is 6. The van der Waals surface area contributed by atoms with Gasteiger partial charge in [0.2, 0.25) is 35.4 Å². The van der Waals surface area contributed by atoms with Crippen LogP contribution in [0.5, 0.6) is 0 Å². The SMILES string of the molecule is CCC(C)C1NC(=O)C(C(C)(C)CC(C)(C)NC(=N)N)NC(=O)C(NC(=O)C(C)(C)C(C)(C)C)CCCNC(=O)C(CC(C)C)NC(=O)C(C(C)C(C)CNC(=N)N)N(C)C1=O. The van der Waals surface area contributed by atoms with Crippen LogP contribution in [0.2, 0.25) is 0 Å². The molecular formula is C44H84N12O6. The van der Waals surface area contributed by atoms with E-state index in [2.05, 4.69) is 37.2 Å². The largest absolute Gasteiger partial charge is 0.370 e. The molecule has 8 atom stereocenters. The van der Waals surface area contributed by atoms with Gasteiger partial charge in [0.15, 0.2) is 11.9 Å². The van der Waals surface area contributed by atoms with Crippen molar-refractivity contribution in [1.82, 2.24) is 42.1 Å². The molecule has 0 aromatic rings.